The Labute approximate surface area is 79.5 Å². The smallest absolute Gasteiger partial charge is 0.0705 e. The lowest BCUT2D eigenvalue weighted by molar-refractivity contribution is 0.0255. The molecule has 0 aromatic heterocycles. The summed E-state index contributed by atoms with van der Waals surface area (Å²) < 4.78 is 10.5. The number of ether oxygens (including phenoxy) is 2. The minimum Gasteiger partial charge on any atom is -0.376 e. The number of rotatable bonds is 7. The normalized spacial score (nSPS) is 10.7. The van der Waals surface area contributed by atoms with Crippen molar-refractivity contribution in [2.75, 3.05) is 25.7 Å². The summed E-state index contributed by atoms with van der Waals surface area (Å²) in [4.78, 5) is 0. The SMILES string of the molecule is C=C(CCl)COCCOC(C)C. The van der Waals surface area contributed by atoms with E-state index in [0.29, 0.717) is 25.7 Å². The molecule has 0 aliphatic heterocycles. The molecule has 0 aromatic carbocycles. The van der Waals surface area contributed by atoms with E-state index < -0.39 is 0 Å². The van der Waals surface area contributed by atoms with Gasteiger partial charge >= 0.3 is 0 Å². The molecule has 0 atom stereocenters. The third kappa shape index (κ3) is 8.05. The number of halogens is 1. The Hall–Kier alpha value is -0.0500. The van der Waals surface area contributed by atoms with Crippen molar-refractivity contribution >= 4 is 11.6 Å². The second-order valence-corrected chi connectivity index (χ2v) is 3.12. The van der Waals surface area contributed by atoms with Gasteiger partial charge in [0, 0.05) is 5.88 Å². The second kappa shape index (κ2) is 7.59. The van der Waals surface area contributed by atoms with E-state index in [4.69, 9.17) is 21.1 Å². The molecule has 0 radical (unpaired) electrons. The van der Waals surface area contributed by atoms with Gasteiger partial charge in [-0.2, -0.15) is 0 Å². The van der Waals surface area contributed by atoms with Gasteiger partial charge in [-0.25, -0.2) is 0 Å². The molecule has 0 amide bonds. The molecule has 0 heterocycles. The Morgan fingerprint density at radius 1 is 1.42 bits per heavy atom. The molecule has 3 heteroatoms. The summed E-state index contributed by atoms with van der Waals surface area (Å²) in [5, 5.41) is 0. The molecule has 2 nitrogen and oxygen atoms in total. The van der Waals surface area contributed by atoms with Gasteiger partial charge < -0.3 is 9.47 Å². The molecule has 0 bridgehead atoms. The van der Waals surface area contributed by atoms with Crippen molar-refractivity contribution in [1.82, 2.24) is 0 Å². The van der Waals surface area contributed by atoms with Crippen molar-refractivity contribution in [3.8, 4) is 0 Å². The van der Waals surface area contributed by atoms with E-state index in [-0.39, 0.29) is 6.10 Å². The van der Waals surface area contributed by atoms with Crippen LogP contribution < -0.4 is 0 Å². The third-order valence-electron chi connectivity index (χ3n) is 1.17. The Bertz CT molecular complexity index is 124. The molecule has 0 fully saturated rings. The minimum atomic E-state index is 0.268. The lowest BCUT2D eigenvalue weighted by atomic mass is 10.4. The molecule has 0 aliphatic carbocycles. The molecule has 0 N–H and O–H groups in total. The molecular weight excluding hydrogens is 176 g/mol. The maximum atomic E-state index is 5.50. The molecule has 0 saturated heterocycles. The van der Waals surface area contributed by atoms with Crippen molar-refractivity contribution in [2.24, 2.45) is 0 Å². The standard InChI is InChI=1S/C9H17ClO2/c1-8(2)12-5-4-11-7-9(3)6-10/h8H,3-7H2,1-2H3. The van der Waals surface area contributed by atoms with E-state index in [1.165, 1.54) is 0 Å². The Kier molecular flexibility index (Phi) is 7.56. The summed E-state index contributed by atoms with van der Waals surface area (Å²) in [6.45, 7) is 9.47. The zero-order chi connectivity index (χ0) is 9.40. The molecule has 0 rings (SSSR count). The van der Waals surface area contributed by atoms with Crippen LogP contribution in [0.1, 0.15) is 13.8 Å². The summed E-state index contributed by atoms with van der Waals surface area (Å²) in [6.07, 6.45) is 0.268. The summed E-state index contributed by atoms with van der Waals surface area (Å²) in [5.74, 6) is 0.463. The Morgan fingerprint density at radius 2 is 2.08 bits per heavy atom. The molecule has 0 saturated carbocycles. The van der Waals surface area contributed by atoms with Gasteiger partial charge in [0.2, 0.25) is 0 Å². The molecule has 0 unspecified atom stereocenters. The van der Waals surface area contributed by atoms with Crippen LogP contribution in [0.2, 0.25) is 0 Å². The van der Waals surface area contributed by atoms with Crippen LogP contribution in [-0.2, 0) is 9.47 Å². The van der Waals surface area contributed by atoms with Gasteiger partial charge in [0.05, 0.1) is 25.9 Å². The predicted molar refractivity (Wildman–Crippen MR) is 51.8 cm³/mol. The highest BCUT2D eigenvalue weighted by Crippen LogP contribution is 1.94. The summed E-state index contributed by atoms with van der Waals surface area (Å²) in [6, 6.07) is 0. The first-order valence-electron chi connectivity index (χ1n) is 4.08. The highest BCUT2D eigenvalue weighted by atomic mass is 35.5. The van der Waals surface area contributed by atoms with Crippen LogP contribution in [0, 0.1) is 0 Å². The highest BCUT2D eigenvalue weighted by Gasteiger charge is 1.94. The first-order chi connectivity index (χ1) is 5.66. The summed E-state index contributed by atoms with van der Waals surface area (Å²) in [5.41, 5.74) is 0.904. The van der Waals surface area contributed by atoms with Gasteiger partial charge in [0.1, 0.15) is 0 Å². The fraction of sp³-hybridized carbons (Fsp3) is 0.778. The van der Waals surface area contributed by atoms with Gasteiger partial charge in [0.15, 0.2) is 0 Å². The lowest BCUT2D eigenvalue weighted by Crippen LogP contribution is -2.10. The lowest BCUT2D eigenvalue weighted by Gasteiger charge is -2.08. The summed E-state index contributed by atoms with van der Waals surface area (Å²) in [7, 11) is 0. The molecule has 12 heavy (non-hydrogen) atoms. The molecule has 72 valence electrons. The fourth-order valence-electron chi connectivity index (χ4n) is 0.598. The quantitative estimate of drug-likeness (QED) is 0.350. The number of hydrogen-bond donors (Lipinski definition) is 0. The fourth-order valence-corrected chi connectivity index (χ4v) is 0.675. The zero-order valence-electron chi connectivity index (χ0n) is 7.81. The van der Waals surface area contributed by atoms with Crippen molar-refractivity contribution < 1.29 is 9.47 Å². The summed E-state index contributed by atoms with van der Waals surface area (Å²) >= 11 is 5.50. The first-order valence-corrected chi connectivity index (χ1v) is 4.62. The molecule has 0 aliphatic rings. The van der Waals surface area contributed by atoms with Gasteiger partial charge in [0.25, 0.3) is 0 Å². The van der Waals surface area contributed by atoms with Crippen molar-refractivity contribution in [3.63, 3.8) is 0 Å². The van der Waals surface area contributed by atoms with Crippen LogP contribution in [0.5, 0.6) is 0 Å². The maximum Gasteiger partial charge on any atom is 0.0705 e. The molecular formula is C9H17ClO2. The minimum absolute atomic E-state index is 0.268. The third-order valence-corrected chi connectivity index (χ3v) is 1.55. The van der Waals surface area contributed by atoms with Crippen LogP contribution in [0.25, 0.3) is 0 Å². The average Bonchev–Trinajstić information content (AvgIpc) is 2.03. The highest BCUT2D eigenvalue weighted by molar-refractivity contribution is 6.19. The Balaban J connectivity index is 3.05. The van der Waals surface area contributed by atoms with Crippen LogP contribution >= 0.6 is 11.6 Å². The van der Waals surface area contributed by atoms with Crippen molar-refractivity contribution in [2.45, 2.75) is 20.0 Å². The maximum absolute atomic E-state index is 5.50. The first kappa shape index (κ1) is 11.9. The average molecular weight is 193 g/mol. The van der Waals surface area contributed by atoms with E-state index in [9.17, 15) is 0 Å². The van der Waals surface area contributed by atoms with Gasteiger partial charge in [-0.15, -0.1) is 11.6 Å². The second-order valence-electron chi connectivity index (χ2n) is 2.86. The molecule has 0 aromatic rings. The van der Waals surface area contributed by atoms with Crippen LogP contribution in [0.3, 0.4) is 0 Å². The Morgan fingerprint density at radius 3 is 2.58 bits per heavy atom. The predicted octanol–water partition coefficient (Wildman–Crippen LogP) is 2.22. The van der Waals surface area contributed by atoms with E-state index >= 15 is 0 Å². The van der Waals surface area contributed by atoms with Crippen molar-refractivity contribution in [1.29, 1.82) is 0 Å². The monoisotopic (exact) mass is 192 g/mol. The largest absolute Gasteiger partial charge is 0.376 e. The van der Waals surface area contributed by atoms with Gasteiger partial charge in [-0.05, 0) is 19.4 Å². The van der Waals surface area contributed by atoms with E-state index in [1.54, 1.807) is 0 Å². The van der Waals surface area contributed by atoms with Crippen LogP contribution in [0.15, 0.2) is 12.2 Å². The van der Waals surface area contributed by atoms with Gasteiger partial charge in [-0.1, -0.05) is 6.58 Å². The number of hydrogen-bond acceptors (Lipinski definition) is 2. The van der Waals surface area contributed by atoms with Crippen molar-refractivity contribution in [3.05, 3.63) is 12.2 Å². The van der Waals surface area contributed by atoms with E-state index in [2.05, 4.69) is 6.58 Å². The van der Waals surface area contributed by atoms with Gasteiger partial charge in [-0.3, -0.25) is 0 Å². The van der Waals surface area contributed by atoms with Crippen LogP contribution in [-0.4, -0.2) is 31.8 Å². The molecule has 0 spiro atoms. The van der Waals surface area contributed by atoms with E-state index in [0.717, 1.165) is 5.57 Å². The zero-order valence-corrected chi connectivity index (χ0v) is 8.56. The van der Waals surface area contributed by atoms with E-state index in [1.807, 2.05) is 13.8 Å². The van der Waals surface area contributed by atoms with Crippen LogP contribution in [0.4, 0.5) is 0 Å². The number of alkyl halides is 1. The topological polar surface area (TPSA) is 18.5 Å².